The fraction of sp³-hybridized carbons (Fsp3) is 0.294. The Morgan fingerprint density at radius 1 is 1.14 bits per heavy atom. The molecule has 4 heteroatoms. The van der Waals surface area contributed by atoms with E-state index in [9.17, 15) is 0 Å². The summed E-state index contributed by atoms with van der Waals surface area (Å²) in [4.78, 5) is 0. The van der Waals surface area contributed by atoms with Crippen LogP contribution in [-0.4, -0.2) is 14.2 Å². The fourth-order valence-electron chi connectivity index (χ4n) is 2.70. The molecule has 0 saturated carbocycles. The highest BCUT2D eigenvalue weighted by Gasteiger charge is 2.20. The first-order valence-corrected chi connectivity index (χ1v) is 7.91. The van der Waals surface area contributed by atoms with E-state index in [0.717, 1.165) is 21.3 Å². The van der Waals surface area contributed by atoms with Gasteiger partial charge >= 0.3 is 0 Å². The van der Waals surface area contributed by atoms with Crippen LogP contribution in [0.1, 0.15) is 28.3 Å². The van der Waals surface area contributed by atoms with E-state index in [4.69, 9.17) is 16.3 Å². The number of aryl methyl sites for hydroxylation is 2. The highest BCUT2D eigenvalue weighted by Crippen LogP contribution is 2.35. The lowest BCUT2D eigenvalue weighted by Gasteiger charge is -2.23. The van der Waals surface area contributed by atoms with Crippen molar-refractivity contribution in [3.63, 3.8) is 0 Å². The topological polar surface area (TPSA) is 21.3 Å². The summed E-state index contributed by atoms with van der Waals surface area (Å²) in [5, 5.41) is 4.08. The molecule has 21 heavy (non-hydrogen) atoms. The van der Waals surface area contributed by atoms with Gasteiger partial charge in [0.05, 0.1) is 13.2 Å². The van der Waals surface area contributed by atoms with Gasteiger partial charge in [-0.1, -0.05) is 33.6 Å². The predicted octanol–water partition coefficient (Wildman–Crippen LogP) is 5.04. The van der Waals surface area contributed by atoms with E-state index in [-0.39, 0.29) is 6.04 Å². The van der Waals surface area contributed by atoms with Gasteiger partial charge in [-0.2, -0.15) is 0 Å². The molecule has 0 amide bonds. The molecule has 112 valence electrons. The number of benzene rings is 2. The average molecular weight is 369 g/mol. The van der Waals surface area contributed by atoms with Gasteiger partial charge in [0, 0.05) is 15.1 Å². The smallest absolute Gasteiger partial charge is 0.124 e. The third-order valence-electron chi connectivity index (χ3n) is 3.51. The highest BCUT2D eigenvalue weighted by atomic mass is 79.9. The standard InChI is InChI=1S/C17H19BrClNO/c1-10-5-11(2)16(15(6-10)21-4)17(20-3)12-7-13(18)9-14(19)8-12/h5-9,17,20H,1-4H3. The average Bonchev–Trinajstić information content (AvgIpc) is 2.40. The minimum Gasteiger partial charge on any atom is -0.496 e. The molecular weight excluding hydrogens is 350 g/mol. The van der Waals surface area contributed by atoms with Crippen molar-refractivity contribution >= 4 is 27.5 Å². The van der Waals surface area contributed by atoms with Crippen LogP contribution >= 0.6 is 27.5 Å². The molecule has 0 radical (unpaired) electrons. The van der Waals surface area contributed by atoms with E-state index in [2.05, 4.69) is 53.3 Å². The van der Waals surface area contributed by atoms with Crippen molar-refractivity contribution in [3.8, 4) is 5.75 Å². The van der Waals surface area contributed by atoms with Crippen molar-refractivity contribution in [1.29, 1.82) is 0 Å². The molecule has 0 saturated heterocycles. The van der Waals surface area contributed by atoms with Gasteiger partial charge < -0.3 is 10.1 Å². The van der Waals surface area contributed by atoms with Gasteiger partial charge in [0.15, 0.2) is 0 Å². The largest absolute Gasteiger partial charge is 0.496 e. The van der Waals surface area contributed by atoms with Gasteiger partial charge in [-0.15, -0.1) is 0 Å². The minimum atomic E-state index is 0.0237. The maximum atomic E-state index is 6.19. The van der Waals surface area contributed by atoms with Gasteiger partial charge in [0.1, 0.15) is 5.75 Å². The lowest BCUT2D eigenvalue weighted by Crippen LogP contribution is -2.19. The first-order chi connectivity index (χ1) is 9.96. The molecule has 1 atom stereocenters. The third-order valence-corrected chi connectivity index (χ3v) is 4.18. The molecule has 0 aliphatic heterocycles. The van der Waals surface area contributed by atoms with Crippen LogP contribution in [0.25, 0.3) is 0 Å². The van der Waals surface area contributed by atoms with Crippen molar-refractivity contribution < 1.29 is 4.74 Å². The molecule has 0 bridgehead atoms. The minimum absolute atomic E-state index is 0.0237. The first kappa shape index (κ1) is 16.3. The van der Waals surface area contributed by atoms with Crippen LogP contribution in [0.4, 0.5) is 0 Å². The van der Waals surface area contributed by atoms with E-state index in [1.165, 1.54) is 11.1 Å². The van der Waals surface area contributed by atoms with Gasteiger partial charge in [-0.25, -0.2) is 0 Å². The zero-order valence-corrected chi connectivity index (χ0v) is 15.0. The summed E-state index contributed by atoms with van der Waals surface area (Å²) < 4.78 is 6.55. The normalized spacial score (nSPS) is 12.3. The second-order valence-electron chi connectivity index (χ2n) is 5.12. The maximum Gasteiger partial charge on any atom is 0.124 e. The molecule has 0 fully saturated rings. The van der Waals surface area contributed by atoms with Crippen LogP contribution in [0.5, 0.6) is 5.75 Å². The Kier molecular flexibility index (Phi) is 5.31. The van der Waals surface area contributed by atoms with Gasteiger partial charge in [-0.3, -0.25) is 0 Å². The zero-order chi connectivity index (χ0) is 15.6. The molecule has 0 heterocycles. The molecule has 2 aromatic carbocycles. The van der Waals surface area contributed by atoms with Crippen molar-refractivity contribution in [1.82, 2.24) is 5.32 Å². The van der Waals surface area contributed by atoms with Gasteiger partial charge in [0.25, 0.3) is 0 Å². The molecule has 2 nitrogen and oxygen atoms in total. The lowest BCUT2D eigenvalue weighted by molar-refractivity contribution is 0.404. The Hall–Kier alpha value is -1.03. The van der Waals surface area contributed by atoms with E-state index < -0.39 is 0 Å². The van der Waals surface area contributed by atoms with E-state index in [1.807, 2.05) is 19.2 Å². The summed E-state index contributed by atoms with van der Waals surface area (Å²) in [6.07, 6.45) is 0. The number of hydrogen-bond acceptors (Lipinski definition) is 2. The molecular formula is C17H19BrClNO. The van der Waals surface area contributed by atoms with Crippen molar-refractivity contribution in [3.05, 3.63) is 62.1 Å². The number of halogens is 2. The summed E-state index contributed by atoms with van der Waals surface area (Å²) in [5.74, 6) is 0.892. The molecule has 2 rings (SSSR count). The van der Waals surface area contributed by atoms with Gasteiger partial charge in [-0.05, 0) is 61.9 Å². The molecule has 0 aliphatic carbocycles. The quantitative estimate of drug-likeness (QED) is 0.816. The predicted molar refractivity (Wildman–Crippen MR) is 92.5 cm³/mol. The third kappa shape index (κ3) is 3.60. The Morgan fingerprint density at radius 2 is 1.86 bits per heavy atom. The Labute approximate surface area is 139 Å². The number of methoxy groups -OCH3 is 1. The fourth-order valence-corrected chi connectivity index (χ4v) is 3.58. The van der Waals surface area contributed by atoms with Gasteiger partial charge in [0.2, 0.25) is 0 Å². The molecule has 0 aliphatic rings. The Morgan fingerprint density at radius 3 is 2.43 bits per heavy atom. The molecule has 1 N–H and O–H groups in total. The van der Waals surface area contributed by atoms with E-state index in [0.29, 0.717) is 5.02 Å². The van der Waals surface area contributed by atoms with Crippen LogP contribution in [-0.2, 0) is 0 Å². The Bertz CT molecular complexity index is 637. The lowest BCUT2D eigenvalue weighted by atomic mass is 9.93. The number of rotatable bonds is 4. The summed E-state index contributed by atoms with van der Waals surface area (Å²) in [6.45, 7) is 4.18. The summed E-state index contributed by atoms with van der Waals surface area (Å²) in [6, 6.07) is 10.2. The Balaban J connectivity index is 2.61. The SMILES string of the molecule is CNC(c1cc(Cl)cc(Br)c1)c1c(C)cc(C)cc1OC. The summed E-state index contributed by atoms with van der Waals surface area (Å²) in [5.41, 5.74) is 4.62. The molecule has 2 aromatic rings. The highest BCUT2D eigenvalue weighted by molar-refractivity contribution is 9.10. The monoisotopic (exact) mass is 367 g/mol. The summed E-state index contributed by atoms with van der Waals surface area (Å²) >= 11 is 9.69. The first-order valence-electron chi connectivity index (χ1n) is 6.74. The van der Waals surface area contributed by atoms with Crippen molar-refractivity contribution in [2.75, 3.05) is 14.2 Å². The number of nitrogens with one attached hydrogen (secondary N) is 1. The van der Waals surface area contributed by atoms with E-state index in [1.54, 1.807) is 7.11 Å². The second-order valence-corrected chi connectivity index (χ2v) is 6.47. The van der Waals surface area contributed by atoms with Crippen molar-refractivity contribution in [2.45, 2.75) is 19.9 Å². The molecule has 1 unspecified atom stereocenters. The second kappa shape index (κ2) is 6.82. The van der Waals surface area contributed by atoms with E-state index >= 15 is 0 Å². The van der Waals surface area contributed by atoms with Crippen LogP contribution in [0.2, 0.25) is 5.02 Å². The zero-order valence-electron chi connectivity index (χ0n) is 12.6. The van der Waals surface area contributed by atoms with Crippen LogP contribution in [0.15, 0.2) is 34.8 Å². The van der Waals surface area contributed by atoms with Crippen LogP contribution < -0.4 is 10.1 Å². The molecule has 0 spiro atoms. The summed E-state index contributed by atoms with van der Waals surface area (Å²) in [7, 11) is 3.65. The van der Waals surface area contributed by atoms with Crippen LogP contribution in [0.3, 0.4) is 0 Å². The number of hydrogen-bond donors (Lipinski definition) is 1. The maximum absolute atomic E-state index is 6.19. The molecule has 0 aromatic heterocycles. The number of ether oxygens (including phenoxy) is 1. The van der Waals surface area contributed by atoms with Crippen LogP contribution in [0, 0.1) is 13.8 Å². The van der Waals surface area contributed by atoms with Crippen molar-refractivity contribution in [2.24, 2.45) is 0 Å².